The molecule has 21 heavy (non-hydrogen) atoms. The Morgan fingerprint density at radius 2 is 2.05 bits per heavy atom. The number of halogens is 1. The highest BCUT2D eigenvalue weighted by atomic mass is 79.9. The number of primary amides is 1. The first-order valence-electron chi connectivity index (χ1n) is 6.04. The lowest BCUT2D eigenvalue weighted by atomic mass is 10.1. The Morgan fingerprint density at radius 3 is 2.71 bits per heavy atom. The first-order chi connectivity index (χ1) is 9.97. The Balaban J connectivity index is 2.20. The van der Waals surface area contributed by atoms with E-state index in [1.807, 2.05) is 0 Å². The highest BCUT2D eigenvalue weighted by molar-refractivity contribution is 9.10. The maximum atomic E-state index is 11.1. The third-order valence-corrected chi connectivity index (χ3v) is 3.36. The van der Waals surface area contributed by atoms with Crippen molar-refractivity contribution in [2.24, 2.45) is 5.73 Å². The molecule has 0 saturated heterocycles. The molecule has 6 nitrogen and oxygen atoms in total. The molecule has 0 aromatic heterocycles. The minimum atomic E-state index is -0.521. The number of nitrogens with zero attached hydrogens (tertiary/aromatic N) is 1. The summed E-state index contributed by atoms with van der Waals surface area (Å²) in [7, 11) is 0. The highest BCUT2D eigenvalue weighted by Gasteiger charge is 2.13. The van der Waals surface area contributed by atoms with Crippen LogP contribution in [0.1, 0.15) is 15.9 Å². The molecule has 0 radical (unpaired) electrons. The molecule has 2 aromatic carbocycles. The summed E-state index contributed by atoms with van der Waals surface area (Å²) in [6.45, 7) is 0.262. The van der Waals surface area contributed by atoms with Crippen molar-refractivity contribution in [3.63, 3.8) is 0 Å². The standard InChI is InChI=1S/C14H12BrN3O3/c15-11-4-5-13(18(20)21)10(6-11)8-17-12-3-1-2-9(7-12)14(16)19/h1-7,17H,8H2,(H2,16,19). The van der Waals surface area contributed by atoms with Crippen LogP contribution in [0.5, 0.6) is 0 Å². The molecule has 0 bridgehead atoms. The number of nitro groups is 1. The molecule has 0 fully saturated rings. The molecular weight excluding hydrogens is 338 g/mol. The summed E-state index contributed by atoms with van der Waals surface area (Å²) in [5.74, 6) is -0.521. The van der Waals surface area contributed by atoms with E-state index in [4.69, 9.17) is 5.73 Å². The molecule has 0 atom stereocenters. The van der Waals surface area contributed by atoms with Gasteiger partial charge in [0, 0.05) is 33.9 Å². The Kier molecular flexibility index (Phi) is 4.54. The molecule has 0 unspecified atom stereocenters. The first-order valence-corrected chi connectivity index (χ1v) is 6.83. The van der Waals surface area contributed by atoms with Gasteiger partial charge in [0.25, 0.3) is 5.69 Å². The minimum Gasteiger partial charge on any atom is -0.381 e. The van der Waals surface area contributed by atoms with Gasteiger partial charge in [-0.25, -0.2) is 0 Å². The number of hydrogen-bond donors (Lipinski definition) is 2. The van der Waals surface area contributed by atoms with Crippen LogP contribution in [0, 0.1) is 10.1 Å². The summed E-state index contributed by atoms with van der Waals surface area (Å²) >= 11 is 3.29. The van der Waals surface area contributed by atoms with Gasteiger partial charge < -0.3 is 11.1 Å². The van der Waals surface area contributed by atoms with Crippen LogP contribution in [-0.4, -0.2) is 10.8 Å². The molecule has 0 heterocycles. The number of amides is 1. The summed E-state index contributed by atoms with van der Waals surface area (Å²) in [6.07, 6.45) is 0. The quantitative estimate of drug-likeness (QED) is 0.640. The molecule has 2 rings (SSSR count). The molecule has 3 N–H and O–H groups in total. The van der Waals surface area contributed by atoms with Gasteiger partial charge in [-0.2, -0.15) is 0 Å². The van der Waals surface area contributed by atoms with Crippen LogP contribution in [0.15, 0.2) is 46.9 Å². The average molecular weight is 350 g/mol. The Morgan fingerprint density at radius 1 is 1.29 bits per heavy atom. The third kappa shape index (κ3) is 3.79. The Labute approximate surface area is 129 Å². The molecule has 0 aliphatic carbocycles. The molecule has 0 saturated carbocycles. The summed E-state index contributed by atoms with van der Waals surface area (Å²) in [4.78, 5) is 21.7. The van der Waals surface area contributed by atoms with E-state index >= 15 is 0 Å². The van der Waals surface area contributed by atoms with Gasteiger partial charge in [0.15, 0.2) is 0 Å². The van der Waals surface area contributed by atoms with Crippen LogP contribution >= 0.6 is 15.9 Å². The molecule has 108 valence electrons. The van der Waals surface area contributed by atoms with E-state index in [2.05, 4.69) is 21.2 Å². The average Bonchev–Trinajstić information content (AvgIpc) is 2.45. The summed E-state index contributed by atoms with van der Waals surface area (Å²) < 4.78 is 0.760. The second-order valence-electron chi connectivity index (χ2n) is 4.33. The molecule has 7 heteroatoms. The molecule has 0 aliphatic heterocycles. The molecule has 0 spiro atoms. The summed E-state index contributed by atoms with van der Waals surface area (Å²) in [5.41, 5.74) is 6.84. The third-order valence-electron chi connectivity index (χ3n) is 2.87. The minimum absolute atomic E-state index is 0.0387. The number of anilines is 1. The summed E-state index contributed by atoms with van der Waals surface area (Å²) in [6, 6.07) is 11.4. The van der Waals surface area contributed by atoms with Gasteiger partial charge in [0.1, 0.15) is 0 Å². The maximum absolute atomic E-state index is 11.1. The predicted molar refractivity (Wildman–Crippen MR) is 83.1 cm³/mol. The van der Waals surface area contributed by atoms with Crippen molar-refractivity contribution in [1.29, 1.82) is 0 Å². The van der Waals surface area contributed by atoms with Crippen molar-refractivity contribution in [3.05, 3.63) is 68.2 Å². The van der Waals surface area contributed by atoms with E-state index < -0.39 is 10.8 Å². The van der Waals surface area contributed by atoms with Crippen molar-refractivity contribution >= 4 is 33.2 Å². The van der Waals surface area contributed by atoms with Gasteiger partial charge in [0.05, 0.1) is 4.92 Å². The first kappa shape index (κ1) is 15.0. The highest BCUT2D eigenvalue weighted by Crippen LogP contribution is 2.24. The van der Waals surface area contributed by atoms with Crippen LogP contribution in [0.2, 0.25) is 0 Å². The fraction of sp³-hybridized carbons (Fsp3) is 0.0714. The van der Waals surface area contributed by atoms with E-state index in [0.29, 0.717) is 16.8 Å². The van der Waals surface area contributed by atoms with Crippen molar-refractivity contribution in [3.8, 4) is 0 Å². The number of nitro benzene ring substituents is 1. The van der Waals surface area contributed by atoms with E-state index in [-0.39, 0.29) is 12.2 Å². The number of nitrogens with one attached hydrogen (secondary N) is 1. The number of hydrogen-bond acceptors (Lipinski definition) is 4. The van der Waals surface area contributed by atoms with E-state index in [9.17, 15) is 14.9 Å². The molecule has 1 amide bonds. The van der Waals surface area contributed by atoms with E-state index in [0.717, 1.165) is 4.47 Å². The SMILES string of the molecule is NC(=O)c1cccc(NCc2cc(Br)ccc2[N+](=O)[O-])c1. The van der Waals surface area contributed by atoms with Crippen LogP contribution in [0.4, 0.5) is 11.4 Å². The Bertz CT molecular complexity index is 704. The van der Waals surface area contributed by atoms with Crippen LogP contribution in [0.3, 0.4) is 0 Å². The maximum Gasteiger partial charge on any atom is 0.274 e. The van der Waals surface area contributed by atoms with Crippen molar-refractivity contribution in [2.45, 2.75) is 6.54 Å². The zero-order chi connectivity index (χ0) is 15.4. The largest absolute Gasteiger partial charge is 0.381 e. The normalized spacial score (nSPS) is 10.1. The van der Waals surface area contributed by atoms with Crippen molar-refractivity contribution < 1.29 is 9.72 Å². The van der Waals surface area contributed by atoms with Gasteiger partial charge in [-0.3, -0.25) is 14.9 Å². The van der Waals surface area contributed by atoms with Crippen molar-refractivity contribution in [2.75, 3.05) is 5.32 Å². The van der Waals surface area contributed by atoms with Gasteiger partial charge in [-0.05, 0) is 30.3 Å². The van der Waals surface area contributed by atoms with E-state index in [1.165, 1.54) is 6.07 Å². The van der Waals surface area contributed by atoms with Crippen LogP contribution in [-0.2, 0) is 6.54 Å². The zero-order valence-corrected chi connectivity index (χ0v) is 12.5. The lowest BCUT2D eigenvalue weighted by molar-refractivity contribution is -0.385. The number of carbonyl (C=O) groups excluding carboxylic acids is 1. The second-order valence-corrected chi connectivity index (χ2v) is 5.24. The number of nitrogens with two attached hydrogens (primary N) is 1. The topological polar surface area (TPSA) is 98.3 Å². The lowest BCUT2D eigenvalue weighted by Crippen LogP contribution is -2.11. The Hall–Kier alpha value is -2.41. The zero-order valence-electron chi connectivity index (χ0n) is 10.9. The van der Waals surface area contributed by atoms with Gasteiger partial charge in [-0.15, -0.1) is 0 Å². The fourth-order valence-electron chi connectivity index (χ4n) is 1.85. The summed E-state index contributed by atoms with van der Waals surface area (Å²) in [5, 5.41) is 14.0. The number of benzene rings is 2. The fourth-order valence-corrected chi connectivity index (χ4v) is 2.26. The molecule has 2 aromatic rings. The monoisotopic (exact) mass is 349 g/mol. The van der Waals surface area contributed by atoms with Gasteiger partial charge in [-0.1, -0.05) is 22.0 Å². The molecule has 0 aliphatic rings. The molecular formula is C14H12BrN3O3. The smallest absolute Gasteiger partial charge is 0.274 e. The van der Waals surface area contributed by atoms with Gasteiger partial charge in [0.2, 0.25) is 5.91 Å². The number of carbonyl (C=O) groups is 1. The predicted octanol–water partition coefficient (Wildman–Crippen LogP) is 3.07. The van der Waals surface area contributed by atoms with Crippen molar-refractivity contribution in [1.82, 2.24) is 0 Å². The van der Waals surface area contributed by atoms with Gasteiger partial charge >= 0.3 is 0 Å². The van der Waals surface area contributed by atoms with Crippen LogP contribution < -0.4 is 11.1 Å². The lowest BCUT2D eigenvalue weighted by Gasteiger charge is -2.08. The second kappa shape index (κ2) is 6.36. The van der Waals surface area contributed by atoms with Crippen LogP contribution in [0.25, 0.3) is 0 Å². The van der Waals surface area contributed by atoms with E-state index in [1.54, 1.807) is 36.4 Å². The number of rotatable bonds is 5.